The summed E-state index contributed by atoms with van der Waals surface area (Å²) in [5, 5.41) is 29.3. The number of unbranched alkanes of at least 4 members (excludes halogenated alkanes) is 15. The number of carboxylic acids is 1. The molecule has 0 saturated heterocycles. The average Bonchev–Trinajstić information content (AvgIpc) is 2.73. The molecule has 0 heterocycles. The zero-order chi connectivity index (χ0) is 22.5. The molecule has 4 nitrogen and oxygen atoms in total. The molecule has 30 heavy (non-hydrogen) atoms. The van der Waals surface area contributed by atoms with Gasteiger partial charge in [0.2, 0.25) is 0 Å². The topological polar surface area (TPSA) is 77.8 Å². The highest BCUT2D eigenvalue weighted by Gasteiger charge is 2.39. The van der Waals surface area contributed by atoms with Crippen LogP contribution in [-0.2, 0) is 4.79 Å². The van der Waals surface area contributed by atoms with Gasteiger partial charge in [-0.3, -0.25) is 4.79 Å². The zero-order valence-electron chi connectivity index (χ0n) is 20.2. The molecule has 0 amide bonds. The number of aliphatic carboxylic acids is 1. The van der Waals surface area contributed by atoms with E-state index in [0.717, 1.165) is 25.7 Å². The molecule has 0 radical (unpaired) electrons. The van der Waals surface area contributed by atoms with Gasteiger partial charge >= 0.3 is 5.97 Å². The normalized spacial score (nSPS) is 14.5. The third-order valence-electron chi connectivity index (χ3n) is 6.56. The van der Waals surface area contributed by atoms with Crippen LogP contribution in [0, 0.1) is 5.41 Å². The van der Waals surface area contributed by atoms with Crippen LogP contribution in [0.2, 0.25) is 0 Å². The summed E-state index contributed by atoms with van der Waals surface area (Å²) in [6.07, 6.45) is 20.9. The van der Waals surface area contributed by atoms with E-state index in [1.54, 1.807) is 0 Å². The van der Waals surface area contributed by atoms with Crippen LogP contribution in [0.5, 0.6) is 0 Å². The first-order valence-electron chi connectivity index (χ1n) is 13.0. The summed E-state index contributed by atoms with van der Waals surface area (Å²) < 4.78 is 0. The highest BCUT2D eigenvalue weighted by molar-refractivity contribution is 5.74. The molecule has 0 aromatic heterocycles. The van der Waals surface area contributed by atoms with E-state index in [2.05, 4.69) is 13.8 Å². The SMILES string of the molecule is CCCCCCCCCCCC(CCCCCCCCCC)(CC(O)CO)C(=O)O. The van der Waals surface area contributed by atoms with Gasteiger partial charge in [-0.2, -0.15) is 0 Å². The summed E-state index contributed by atoms with van der Waals surface area (Å²) in [4.78, 5) is 12.2. The number of carboxylic acid groups (broad SMARTS) is 1. The molecule has 3 N–H and O–H groups in total. The molecule has 2 unspecified atom stereocenters. The van der Waals surface area contributed by atoms with Gasteiger partial charge < -0.3 is 15.3 Å². The number of aliphatic hydroxyl groups is 2. The van der Waals surface area contributed by atoms with Crippen molar-refractivity contribution in [1.82, 2.24) is 0 Å². The maximum Gasteiger partial charge on any atom is 0.309 e. The second-order valence-corrected chi connectivity index (χ2v) is 9.43. The molecule has 0 aliphatic rings. The van der Waals surface area contributed by atoms with Crippen molar-refractivity contribution < 1.29 is 20.1 Å². The van der Waals surface area contributed by atoms with E-state index in [4.69, 9.17) is 0 Å². The van der Waals surface area contributed by atoms with Crippen LogP contribution in [0.15, 0.2) is 0 Å². The molecule has 0 aromatic rings. The Kier molecular flexibility index (Phi) is 19.9. The third kappa shape index (κ3) is 15.2. The van der Waals surface area contributed by atoms with E-state index in [-0.39, 0.29) is 13.0 Å². The van der Waals surface area contributed by atoms with Crippen LogP contribution in [0.1, 0.15) is 142 Å². The smallest absolute Gasteiger partial charge is 0.309 e. The molecular formula is C26H52O4. The molecule has 0 aliphatic carbocycles. The lowest BCUT2D eigenvalue weighted by molar-refractivity contribution is -0.153. The van der Waals surface area contributed by atoms with E-state index in [1.165, 1.54) is 83.5 Å². The lowest BCUT2D eigenvalue weighted by Crippen LogP contribution is -2.36. The van der Waals surface area contributed by atoms with E-state index in [9.17, 15) is 20.1 Å². The van der Waals surface area contributed by atoms with Gasteiger partial charge in [-0.25, -0.2) is 0 Å². The van der Waals surface area contributed by atoms with Gasteiger partial charge in [0, 0.05) is 0 Å². The monoisotopic (exact) mass is 428 g/mol. The first-order chi connectivity index (χ1) is 14.5. The van der Waals surface area contributed by atoms with Gasteiger partial charge in [-0.05, 0) is 19.3 Å². The molecular weight excluding hydrogens is 376 g/mol. The van der Waals surface area contributed by atoms with Gasteiger partial charge in [-0.15, -0.1) is 0 Å². The van der Waals surface area contributed by atoms with Crippen LogP contribution in [0.25, 0.3) is 0 Å². The standard InChI is InChI=1S/C26H52O4/c1-3-5-7-9-11-13-15-17-19-21-26(25(29)30,22-24(28)23-27)20-18-16-14-12-10-8-6-4-2/h24,27-28H,3-23H2,1-2H3,(H,29,30). The van der Waals surface area contributed by atoms with Crippen molar-refractivity contribution in [2.75, 3.05) is 6.61 Å². The third-order valence-corrected chi connectivity index (χ3v) is 6.56. The summed E-state index contributed by atoms with van der Waals surface area (Å²) in [7, 11) is 0. The summed E-state index contributed by atoms with van der Waals surface area (Å²) in [5.41, 5.74) is -0.883. The Bertz CT molecular complexity index is 385. The quantitative estimate of drug-likeness (QED) is 0.150. The molecule has 180 valence electrons. The Hall–Kier alpha value is -0.610. The van der Waals surface area contributed by atoms with Crippen LogP contribution in [0.3, 0.4) is 0 Å². The van der Waals surface area contributed by atoms with Gasteiger partial charge in [-0.1, -0.05) is 123 Å². The van der Waals surface area contributed by atoms with E-state index in [1.807, 2.05) is 0 Å². The van der Waals surface area contributed by atoms with E-state index in [0.29, 0.717) is 12.8 Å². The summed E-state index contributed by atoms with van der Waals surface area (Å²) in [6.45, 7) is 4.10. The first-order valence-corrected chi connectivity index (χ1v) is 13.0. The van der Waals surface area contributed by atoms with Crippen molar-refractivity contribution in [3.05, 3.63) is 0 Å². The fraction of sp³-hybridized carbons (Fsp3) is 0.962. The van der Waals surface area contributed by atoms with Crippen molar-refractivity contribution >= 4 is 5.97 Å². The molecule has 0 saturated carbocycles. The number of rotatable bonds is 23. The van der Waals surface area contributed by atoms with Crippen LogP contribution < -0.4 is 0 Å². The number of hydrogen-bond acceptors (Lipinski definition) is 3. The fourth-order valence-corrected chi connectivity index (χ4v) is 4.52. The Morgan fingerprint density at radius 1 is 0.667 bits per heavy atom. The predicted octanol–water partition coefficient (Wildman–Crippen LogP) is 7.25. The zero-order valence-corrected chi connectivity index (χ0v) is 20.2. The maximum atomic E-state index is 12.2. The molecule has 0 spiro atoms. The molecule has 0 rings (SSSR count). The highest BCUT2D eigenvalue weighted by Crippen LogP contribution is 2.37. The van der Waals surface area contributed by atoms with Crippen molar-refractivity contribution in [1.29, 1.82) is 0 Å². The van der Waals surface area contributed by atoms with Crippen LogP contribution >= 0.6 is 0 Å². The molecule has 0 aromatic carbocycles. The number of hydrogen-bond donors (Lipinski definition) is 3. The van der Waals surface area contributed by atoms with Gasteiger partial charge in [0.05, 0.1) is 18.1 Å². The fourth-order valence-electron chi connectivity index (χ4n) is 4.52. The number of carbonyl (C=O) groups is 1. The molecule has 0 aliphatic heterocycles. The van der Waals surface area contributed by atoms with Crippen molar-refractivity contribution in [2.45, 2.75) is 148 Å². The van der Waals surface area contributed by atoms with Crippen molar-refractivity contribution in [3.8, 4) is 0 Å². The van der Waals surface area contributed by atoms with Crippen LogP contribution in [-0.4, -0.2) is 34.0 Å². The highest BCUT2D eigenvalue weighted by atomic mass is 16.4. The van der Waals surface area contributed by atoms with Crippen molar-refractivity contribution in [2.24, 2.45) is 5.41 Å². The minimum Gasteiger partial charge on any atom is -0.481 e. The Morgan fingerprint density at radius 3 is 1.30 bits per heavy atom. The van der Waals surface area contributed by atoms with Gasteiger partial charge in [0.15, 0.2) is 0 Å². The van der Waals surface area contributed by atoms with E-state index < -0.39 is 17.5 Å². The van der Waals surface area contributed by atoms with Gasteiger partial charge in [0.25, 0.3) is 0 Å². The molecule has 4 heteroatoms. The second-order valence-electron chi connectivity index (χ2n) is 9.43. The van der Waals surface area contributed by atoms with Crippen LogP contribution in [0.4, 0.5) is 0 Å². The average molecular weight is 429 g/mol. The Balaban J connectivity index is 4.33. The Labute approximate surface area is 186 Å². The summed E-state index contributed by atoms with van der Waals surface area (Å²) in [6, 6.07) is 0. The number of aliphatic hydroxyl groups excluding tert-OH is 2. The second kappa shape index (κ2) is 20.3. The Morgan fingerprint density at radius 2 is 1.00 bits per heavy atom. The lowest BCUT2D eigenvalue weighted by atomic mass is 9.73. The minimum absolute atomic E-state index is 0.173. The first kappa shape index (κ1) is 29.4. The maximum absolute atomic E-state index is 12.2. The molecule has 2 atom stereocenters. The minimum atomic E-state index is -0.936. The lowest BCUT2D eigenvalue weighted by Gasteiger charge is -2.31. The van der Waals surface area contributed by atoms with Crippen molar-refractivity contribution in [3.63, 3.8) is 0 Å². The predicted molar refractivity (Wildman–Crippen MR) is 127 cm³/mol. The molecule has 0 bridgehead atoms. The molecule has 0 fully saturated rings. The van der Waals surface area contributed by atoms with E-state index >= 15 is 0 Å². The largest absolute Gasteiger partial charge is 0.481 e. The summed E-state index contributed by atoms with van der Waals surface area (Å²) >= 11 is 0. The van der Waals surface area contributed by atoms with Gasteiger partial charge in [0.1, 0.15) is 0 Å². The summed E-state index contributed by atoms with van der Waals surface area (Å²) in [5.74, 6) is -0.794.